The first-order valence-electron chi connectivity index (χ1n) is 6.53. The number of anilines is 1. The van der Waals surface area contributed by atoms with Gasteiger partial charge in [0.25, 0.3) is 0 Å². The highest BCUT2D eigenvalue weighted by Crippen LogP contribution is 2.11. The standard InChI is InChI=1S/C15H17BN2O2/c1-20-15(19)13-9-12(16)10-18-14(13)17-8-7-11-5-3-2-4-6-11/h2-6,9-10H,7-8,16H2,1H3,(H,17,18). The number of methoxy groups -OCH3 is 1. The van der Waals surface area contributed by atoms with Crippen LogP contribution in [0.25, 0.3) is 0 Å². The number of hydrogen-bond donors (Lipinski definition) is 1. The maximum Gasteiger partial charge on any atom is 0.341 e. The van der Waals surface area contributed by atoms with Crippen LogP contribution in [-0.2, 0) is 11.2 Å². The van der Waals surface area contributed by atoms with Crippen molar-refractivity contribution in [3.8, 4) is 0 Å². The van der Waals surface area contributed by atoms with Crippen LogP contribution in [0.2, 0.25) is 0 Å². The summed E-state index contributed by atoms with van der Waals surface area (Å²) in [5, 5.41) is 3.19. The van der Waals surface area contributed by atoms with Gasteiger partial charge in [0, 0.05) is 12.7 Å². The van der Waals surface area contributed by atoms with Gasteiger partial charge >= 0.3 is 5.97 Å². The lowest BCUT2D eigenvalue weighted by atomic mass is 9.97. The summed E-state index contributed by atoms with van der Waals surface area (Å²) in [5.41, 5.74) is 2.64. The van der Waals surface area contributed by atoms with Gasteiger partial charge < -0.3 is 10.1 Å². The molecule has 20 heavy (non-hydrogen) atoms. The predicted molar refractivity (Wildman–Crippen MR) is 82.4 cm³/mol. The van der Waals surface area contributed by atoms with Gasteiger partial charge in [0.15, 0.2) is 0 Å². The molecule has 0 aliphatic heterocycles. The maximum absolute atomic E-state index is 11.7. The normalized spacial score (nSPS) is 10.1. The van der Waals surface area contributed by atoms with Gasteiger partial charge in [-0.05, 0) is 18.1 Å². The fraction of sp³-hybridized carbons (Fsp3) is 0.200. The van der Waals surface area contributed by atoms with Crippen LogP contribution in [-0.4, -0.2) is 32.5 Å². The number of nitrogens with zero attached hydrogens (tertiary/aromatic N) is 1. The Balaban J connectivity index is 2.04. The number of carbonyl (C=O) groups is 1. The van der Waals surface area contributed by atoms with Gasteiger partial charge in [0.05, 0.1) is 7.11 Å². The molecule has 1 N–H and O–H groups in total. The number of ether oxygens (including phenoxy) is 1. The van der Waals surface area contributed by atoms with Crippen molar-refractivity contribution in [1.82, 2.24) is 4.98 Å². The zero-order chi connectivity index (χ0) is 14.4. The third-order valence-electron chi connectivity index (χ3n) is 2.98. The van der Waals surface area contributed by atoms with E-state index in [4.69, 9.17) is 4.74 Å². The number of carbonyl (C=O) groups excluding carboxylic acids is 1. The van der Waals surface area contributed by atoms with Crippen LogP contribution in [0, 0.1) is 0 Å². The zero-order valence-corrected chi connectivity index (χ0v) is 11.7. The molecule has 102 valence electrons. The van der Waals surface area contributed by atoms with Gasteiger partial charge in [-0.1, -0.05) is 35.8 Å². The summed E-state index contributed by atoms with van der Waals surface area (Å²) in [6.07, 6.45) is 2.61. The Kier molecular flexibility index (Phi) is 4.77. The molecular weight excluding hydrogens is 251 g/mol. The van der Waals surface area contributed by atoms with E-state index in [1.165, 1.54) is 12.7 Å². The molecule has 0 spiro atoms. The van der Waals surface area contributed by atoms with Gasteiger partial charge in [-0.3, -0.25) is 0 Å². The second-order valence-corrected chi connectivity index (χ2v) is 4.56. The summed E-state index contributed by atoms with van der Waals surface area (Å²) in [5.74, 6) is 0.196. The Morgan fingerprint density at radius 3 is 2.80 bits per heavy atom. The number of benzene rings is 1. The molecule has 2 rings (SSSR count). The van der Waals surface area contributed by atoms with Crippen LogP contribution in [0.15, 0.2) is 42.6 Å². The third-order valence-corrected chi connectivity index (χ3v) is 2.98. The van der Waals surface area contributed by atoms with Crippen LogP contribution in [0.3, 0.4) is 0 Å². The van der Waals surface area contributed by atoms with Crippen molar-refractivity contribution in [2.45, 2.75) is 6.42 Å². The third kappa shape index (κ3) is 3.60. The van der Waals surface area contributed by atoms with Crippen LogP contribution >= 0.6 is 0 Å². The fourth-order valence-corrected chi connectivity index (χ4v) is 1.95. The number of hydrogen-bond acceptors (Lipinski definition) is 4. The molecule has 1 aromatic heterocycles. The first kappa shape index (κ1) is 14.1. The summed E-state index contributed by atoms with van der Waals surface area (Å²) in [7, 11) is 3.27. The SMILES string of the molecule is Bc1cnc(NCCc2ccccc2)c(C(=O)OC)c1. The van der Waals surface area contributed by atoms with Crippen LogP contribution in [0.4, 0.5) is 5.82 Å². The number of aromatic nitrogens is 1. The summed E-state index contributed by atoms with van der Waals surface area (Å²) in [6.45, 7) is 0.712. The molecule has 1 heterocycles. The van der Waals surface area contributed by atoms with Crippen molar-refractivity contribution in [1.29, 1.82) is 0 Å². The van der Waals surface area contributed by atoms with Crippen molar-refractivity contribution < 1.29 is 9.53 Å². The van der Waals surface area contributed by atoms with E-state index in [0.29, 0.717) is 17.9 Å². The average Bonchev–Trinajstić information content (AvgIpc) is 2.49. The van der Waals surface area contributed by atoms with Gasteiger partial charge in [-0.2, -0.15) is 0 Å². The van der Waals surface area contributed by atoms with E-state index in [0.717, 1.165) is 11.9 Å². The second kappa shape index (κ2) is 6.75. The van der Waals surface area contributed by atoms with Gasteiger partial charge in [-0.25, -0.2) is 9.78 Å². The topological polar surface area (TPSA) is 51.2 Å². The van der Waals surface area contributed by atoms with Crippen molar-refractivity contribution in [3.05, 3.63) is 53.7 Å². The Hall–Kier alpha value is -2.30. The molecule has 1 aromatic carbocycles. The van der Waals surface area contributed by atoms with Gasteiger partial charge in [0.1, 0.15) is 19.2 Å². The van der Waals surface area contributed by atoms with E-state index in [2.05, 4.69) is 22.4 Å². The Morgan fingerprint density at radius 2 is 2.10 bits per heavy atom. The molecule has 4 nitrogen and oxygen atoms in total. The minimum atomic E-state index is -0.372. The fourth-order valence-electron chi connectivity index (χ4n) is 1.95. The number of esters is 1. The maximum atomic E-state index is 11.7. The Bertz CT molecular complexity index is 588. The Labute approximate surface area is 119 Å². The van der Waals surface area contributed by atoms with Gasteiger partial charge in [0.2, 0.25) is 0 Å². The van der Waals surface area contributed by atoms with E-state index >= 15 is 0 Å². The predicted octanol–water partition coefficient (Wildman–Crippen LogP) is 0.781. The summed E-state index contributed by atoms with van der Waals surface area (Å²) >= 11 is 0. The van der Waals surface area contributed by atoms with Gasteiger partial charge in [-0.15, -0.1) is 0 Å². The largest absolute Gasteiger partial charge is 0.465 e. The van der Waals surface area contributed by atoms with Crippen LogP contribution in [0.5, 0.6) is 0 Å². The highest BCUT2D eigenvalue weighted by molar-refractivity contribution is 6.32. The molecular formula is C15H17BN2O2. The van der Waals surface area contributed by atoms with Crippen molar-refractivity contribution in [3.63, 3.8) is 0 Å². The minimum Gasteiger partial charge on any atom is -0.465 e. The van der Waals surface area contributed by atoms with Crippen molar-refractivity contribution in [2.75, 3.05) is 19.0 Å². The number of nitrogens with one attached hydrogen (secondary N) is 1. The lowest BCUT2D eigenvalue weighted by Crippen LogP contribution is -2.16. The highest BCUT2D eigenvalue weighted by Gasteiger charge is 2.12. The van der Waals surface area contributed by atoms with E-state index in [1.54, 1.807) is 12.3 Å². The molecule has 0 aliphatic rings. The van der Waals surface area contributed by atoms with Crippen LogP contribution in [0.1, 0.15) is 15.9 Å². The zero-order valence-electron chi connectivity index (χ0n) is 11.7. The quantitative estimate of drug-likeness (QED) is 0.643. The molecule has 0 aliphatic carbocycles. The molecule has 0 fully saturated rings. The monoisotopic (exact) mass is 268 g/mol. The first-order valence-corrected chi connectivity index (χ1v) is 6.53. The lowest BCUT2D eigenvalue weighted by Gasteiger charge is -2.10. The lowest BCUT2D eigenvalue weighted by molar-refractivity contribution is 0.0601. The van der Waals surface area contributed by atoms with Crippen molar-refractivity contribution >= 4 is 25.1 Å². The molecule has 2 aromatic rings. The highest BCUT2D eigenvalue weighted by atomic mass is 16.5. The molecule has 0 saturated heterocycles. The minimum absolute atomic E-state index is 0.372. The van der Waals surface area contributed by atoms with E-state index in [9.17, 15) is 4.79 Å². The molecule has 0 amide bonds. The molecule has 0 atom stereocenters. The first-order chi connectivity index (χ1) is 9.70. The molecule has 0 bridgehead atoms. The number of pyridine rings is 1. The summed E-state index contributed by atoms with van der Waals surface area (Å²) in [4.78, 5) is 16.0. The summed E-state index contributed by atoms with van der Waals surface area (Å²) in [6, 6.07) is 12.0. The van der Waals surface area contributed by atoms with E-state index in [1.807, 2.05) is 26.0 Å². The second-order valence-electron chi connectivity index (χ2n) is 4.56. The molecule has 0 unspecified atom stereocenters. The smallest absolute Gasteiger partial charge is 0.341 e. The average molecular weight is 268 g/mol. The van der Waals surface area contributed by atoms with Crippen LogP contribution < -0.4 is 10.8 Å². The van der Waals surface area contributed by atoms with Crippen molar-refractivity contribution in [2.24, 2.45) is 0 Å². The van der Waals surface area contributed by atoms with E-state index in [-0.39, 0.29) is 5.97 Å². The molecule has 5 heteroatoms. The molecule has 0 saturated carbocycles. The van der Waals surface area contributed by atoms with E-state index < -0.39 is 0 Å². The Morgan fingerprint density at radius 1 is 1.35 bits per heavy atom. The number of rotatable bonds is 5. The summed E-state index contributed by atoms with van der Waals surface area (Å²) < 4.78 is 4.78. The molecule has 0 radical (unpaired) electrons.